The Hall–Kier alpha value is -2.81. The lowest BCUT2D eigenvalue weighted by Crippen LogP contribution is -1.95. The molecule has 0 aliphatic rings. The smallest absolute Gasteiger partial charge is 0.180 e. The molecule has 2 aromatic heterocycles. The number of rotatable bonds is 2. The first-order valence-electron chi connectivity index (χ1n) is 7.34. The molecule has 22 heavy (non-hydrogen) atoms. The predicted octanol–water partition coefficient (Wildman–Crippen LogP) is 4.90. The van der Waals surface area contributed by atoms with E-state index >= 15 is 0 Å². The van der Waals surface area contributed by atoms with E-state index in [1.807, 2.05) is 48.0 Å². The maximum absolute atomic E-state index is 5.90. The Kier molecular flexibility index (Phi) is 2.86. The second-order valence-electron chi connectivity index (χ2n) is 5.53. The number of hydrogen-bond acceptors (Lipinski definition) is 2. The Morgan fingerprint density at radius 3 is 2.36 bits per heavy atom. The van der Waals surface area contributed by atoms with Gasteiger partial charge in [0.15, 0.2) is 5.58 Å². The molecule has 0 saturated carbocycles. The fourth-order valence-corrected chi connectivity index (χ4v) is 2.69. The Labute approximate surface area is 128 Å². The highest BCUT2D eigenvalue weighted by atomic mass is 16.3. The van der Waals surface area contributed by atoms with E-state index in [0.717, 1.165) is 33.8 Å². The molecule has 4 aromatic rings. The van der Waals surface area contributed by atoms with Gasteiger partial charge in [-0.05, 0) is 26.0 Å². The van der Waals surface area contributed by atoms with Gasteiger partial charge in [-0.3, -0.25) is 0 Å². The highest BCUT2D eigenvalue weighted by molar-refractivity contribution is 5.90. The zero-order chi connectivity index (χ0) is 15.1. The first-order valence-corrected chi connectivity index (χ1v) is 7.34. The minimum Gasteiger partial charge on any atom is -0.457 e. The number of hydrogen-bond donors (Lipinski definition) is 0. The first-order chi connectivity index (χ1) is 10.7. The van der Waals surface area contributed by atoms with Crippen LogP contribution in [0.5, 0.6) is 0 Å². The summed E-state index contributed by atoms with van der Waals surface area (Å²) in [7, 11) is 0. The van der Waals surface area contributed by atoms with Gasteiger partial charge in [-0.1, -0.05) is 48.0 Å². The molecule has 3 heteroatoms. The third kappa shape index (κ3) is 2.02. The Morgan fingerprint density at radius 2 is 1.64 bits per heavy atom. The minimum atomic E-state index is 0.838. The van der Waals surface area contributed by atoms with Crippen molar-refractivity contribution in [1.29, 1.82) is 0 Å². The number of aromatic nitrogens is 2. The van der Waals surface area contributed by atoms with Gasteiger partial charge in [-0.25, -0.2) is 4.68 Å². The molecular weight excluding hydrogens is 272 g/mol. The van der Waals surface area contributed by atoms with Gasteiger partial charge in [0.2, 0.25) is 0 Å². The second kappa shape index (κ2) is 4.88. The molecule has 4 rings (SSSR count). The van der Waals surface area contributed by atoms with Gasteiger partial charge in [-0.15, -0.1) is 0 Å². The topological polar surface area (TPSA) is 31.0 Å². The summed E-state index contributed by atoms with van der Waals surface area (Å²) in [4.78, 5) is 0. The van der Waals surface area contributed by atoms with Crippen LogP contribution in [0.1, 0.15) is 11.3 Å². The molecule has 2 heterocycles. The first kappa shape index (κ1) is 12.9. The van der Waals surface area contributed by atoms with Crippen LogP contribution in [-0.4, -0.2) is 9.78 Å². The molecular formula is C19H16N2O. The molecule has 3 nitrogen and oxygen atoms in total. The van der Waals surface area contributed by atoms with Crippen LogP contribution in [0.25, 0.3) is 28.0 Å². The summed E-state index contributed by atoms with van der Waals surface area (Å²) in [5, 5.41) is 4.78. The van der Waals surface area contributed by atoms with Crippen LogP contribution in [0.2, 0.25) is 0 Å². The largest absolute Gasteiger partial charge is 0.457 e. The van der Waals surface area contributed by atoms with Gasteiger partial charge >= 0.3 is 0 Å². The zero-order valence-corrected chi connectivity index (χ0v) is 12.6. The van der Waals surface area contributed by atoms with Gasteiger partial charge in [0.1, 0.15) is 17.0 Å². The van der Waals surface area contributed by atoms with Crippen LogP contribution in [0.3, 0.4) is 0 Å². The molecule has 0 aliphatic carbocycles. The molecule has 108 valence electrons. The average molecular weight is 288 g/mol. The van der Waals surface area contributed by atoms with E-state index in [0.29, 0.717) is 0 Å². The third-order valence-corrected chi connectivity index (χ3v) is 3.80. The lowest BCUT2D eigenvalue weighted by atomic mass is 10.1. The molecule has 0 N–H and O–H groups in total. The van der Waals surface area contributed by atoms with Crippen LogP contribution in [0, 0.1) is 13.8 Å². The lowest BCUT2D eigenvalue weighted by molar-refractivity contribution is 0.579. The van der Waals surface area contributed by atoms with Crippen molar-refractivity contribution < 1.29 is 4.42 Å². The van der Waals surface area contributed by atoms with Crippen LogP contribution in [-0.2, 0) is 0 Å². The fraction of sp³-hybridized carbons (Fsp3) is 0.105. The van der Waals surface area contributed by atoms with Crippen molar-refractivity contribution in [1.82, 2.24) is 9.78 Å². The standard InChI is InChI=1S/C19H16N2O/c1-13-8-10-15(11-9-13)18-19-17(12-14(2)22-19)21(20-18)16-6-4-3-5-7-16/h3-12H,1-2H3. The molecule has 0 radical (unpaired) electrons. The van der Waals surface area contributed by atoms with Crippen molar-refractivity contribution in [2.24, 2.45) is 0 Å². The van der Waals surface area contributed by atoms with E-state index in [4.69, 9.17) is 9.52 Å². The molecule has 0 aliphatic heterocycles. The number of para-hydroxylation sites is 1. The van der Waals surface area contributed by atoms with E-state index < -0.39 is 0 Å². The van der Waals surface area contributed by atoms with Crippen LogP contribution in [0.4, 0.5) is 0 Å². The van der Waals surface area contributed by atoms with E-state index in [-0.39, 0.29) is 0 Å². The Bertz CT molecular complexity index is 931. The molecule has 0 atom stereocenters. The van der Waals surface area contributed by atoms with Gasteiger partial charge in [0.05, 0.1) is 5.69 Å². The van der Waals surface area contributed by atoms with Gasteiger partial charge in [-0.2, -0.15) is 5.10 Å². The number of nitrogens with zero attached hydrogens (tertiary/aromatic N) is 2. The van der Waals surface area contributed by atoms with E-state index in [2.05, 4.69) is 31.2 Å². The normalized spacial score (nSPS) is 11.2. The van der Waals surface area contributed by atoms with Gasteiger partial charge in [0, 0.05) is 11.6 Å². The van der Waals surface area contributed by atoms with Gasteiger partial charge < -0.3 is 4.42 Å². The maximum Gasteiger partial charge on any atom is 0.180 e. The summed E-state index contributed by atoms with van der Waals surface area (Å²) in [6.07, 6.45) is 0. The van der Waals surface area contributed by atoms with Crippen molar-refractivity contribution >= 4 is 11.1 Å². The SMILES string of the molecule is Cc1ccc(-c2nn(-c3ccccc3)c3cc(C)oc23)cc1. The highest BCUT2D eigenvalue weighted by Crippen LogP contribution is 2.32. The summed E-state index contributed by atoms with van der Waals surface area (Å²) >= 11 is 0. The Balaban J connectivity index is 1.98. The molecule has 0 amide bonds. The number of benzene rings is 2. The molecule has 2 aromatic carbocycles. The minimum absolute atomic E-state index is 0.838. The van der Waals surface area contributed by atoms with E-state index in [1.165, 1.54) is 5.56 Å². The van der Waals surface area contributed by atoms with Crippen molar-refractivity contribution in [3.8, 4) is 16.9 Å². The van der Waals surface area contributed by atoms with Crippen molar-refractivity contribution in [2.75, 3.05) is 0 Å². The van der Waals surface area contributed by atoms with Crippen LogP contribution >= 0.6 is 0 Å². The quantitative estimate of drug-likeness (QED) is 0.525. The third-order valence-electron chi connectivity index (χ3n) is 3.80. The number of aryl methyl sites for hydroxylation is 2. The molecule has 0 spiro atoms. The predicted molar refractivity (Wildman–Crippen MR) is 88.2 cm³/mol. The Morgan fingerprint density at radius 1 is 0.909 bits per heavy atom. The van der Waals surface area contributed by atoms with Crippen molar-refractivity contribution in [3.63, 3.8) is 0 Å². The van der Waals surface area contributed by atoms with Crippen LogP contribution < -0.4 is 0 Å². The highest BCUT2D eigenvalue weighted by Gasteiger charge is 2.17. The summed E-state index contributed by atoms with van der Waals surface area (Å²) in [6, 6.07) is 20.5. The molecule has 0 fully saturated rings. The van der Waals surface area contributed by atoms with Gasteiger partial charge in [0.25, 0.3) is 0 Å². The monoisotopic (exact) mass is 288 g/mol. The fourth-order valence-electron chi connectivity index (χ4n) is 2.69. The molecule has 0 saturated heterocycles. The summed E-state index contributed by atoms with van der Waals surface area (Å²) in [5.41, 5.74) is 6.06. The average Bonchev–Trinajstić information content (AvgIpc) is 3.06. The van der Waals surface area contributed by atoms with E-state index in [1.54, 1.807) is 0 Å². The van der Waals surface area contributed by atoms with Crippen LogP contribution in [0.15, 0.2) is 65.1 Å². The summed E-state index contributed by atoms with van der Waals surface area (Å²) in [5.74, 6) is 0.894. The zero-order valence-electron chi connectivity index (χ0n) is 12.6. The summed E-state index contributed by atoms with van der Waals surface area (Å²) < 4.78 is 7.85. The number of furan rings is 1. The maximum atomic E-state index is 5.90. The summed E-state index contributed by atoms with van der Waals surface area (Å²) in [6.45, 7) is 4.05. The molecule has 0 unspecified atom stereocenters. The van der Waals surface area contributed by atoms with E-state index in [9.17, 15) is 0 Å². The van der Waals surface area contributed by atoms with Crippen molar-refractivity contribution in [3.05, 3.63) is 72.0 Å². The molecule has 0 bridgehead atoms. The number of fused-ring (bicyclic) bond motifs is 1. The second-order valence-corrected chi connectivity index (χ2v) is 5.53. The van der Waals surface area contributed by atoms with Crippen molar-refractivity contribution in [2.45, 2.75) is 13.8 Å². The lowest BCUT2D eigenvalue weighted by Gasteiger charge is -2.01.